The highest BCUT2D eigenvalue weighted by Gasteiger charge is 2.19. The Morgan fingerprint density at radius 2 is 1.92 bits per heavy atom. The molecule has 0 saturated carbocycles. The molecule has 1 aromatic heterocycles. The van der Waals surface area contributed by atoms with Crippen LogP contribution < -0.4 is 10.1 Å². The summed E-state index contributed by atoms with van der Waals surface area (Å²) >= 11 is 0. The third-order valence-electron chi connectivity index (χ3n) is 3.34. The normalized spacial score (nSPS) is 10.4. The molecule has 0 saturated heterocycles. The molecule has 0 spiro atoms. The van der Waals surface area contributed by atoms with E-state index in [0.717, 1.165) is 0 Å². The molecular formula is C16H12N4O5. The number of carbonyl (C=O) groups is 2. The van der Waals surface area contributed by atoms with Crippen LogP contribution in [0.4, 0.5) is 11.4 Å². The number of nitro benzene ring substituents is 1. The summed E-state index contributed by atoms with van der Waals surface area (Å²) in [4.78, 5) is 33.6. The number of H-pyrrole nitrogens is 1. The van der Waals surface area contributed by atoms with E-state index in [9.17, 15) is 19.7 Å². The summed E-state index contributed by atoms with van der Waals surface area (Å²) in [6.45, 7) is 1.38. The number of carbonyl (C=O) groups excluding carboxylic acids is 2. The molecule has 0 aliphatic carbocycles. The number of amides is 1. The average Bonchev–Trinajstić information content (AvgIpc) is 2.99. The lowest BCUT2D eigenvalue weighted by molar-refractivity contribution is -0.384. The number of esters is 1. The molecule has 0 aliphatic rings. The zero-order valence-corrected chi connectivity index (χ0v) is 13.0. The van der Waals surface area contributed by atoms with Gasteiger partial charge in [0.15, 0.2) is 5.69 Å². The second-order valence-corrected chi connectivity index (χ2v) is 5.15. The Morgan fingerprint density at radius 3 is 2.56 bits per heavy atom. The fraction of sp³-hybridized carbons (Fsp3) is 0.0625. The molecule has 0 aliphatic heterocycles. The number of hydrogen-bond acceptors (Lipinski definition) is 6. The number of nitrogens with zero attached hydrogens (tertiary/aromatic N) is 2. The number of non-ortho nitro benzene ring substituents is 1. The van der Waals surface area contributed by atoms with Crippen LogP contribution in [0.25, 0.3) is 10.9 Å². The van der Waals surface area contributed by atoms with Gasteiger partial charge in [0.2, 0.25) is 5.91 Å². The van der Waals surface area contributed by atoms with Gasteiger partial charge in [0.25, 0.3) is 5.69 Å². The van der Waals surface area contributed by atoms with Crippen molar-refractivity contribution in [3.05, 3.63) is 58.3 Å². The number of hydrogen-bond donors (Lipinski definition) is 2. The first-order valence-corrected chi connectivity index (χ1v) is 7.16. The zero-order valence-electron chi connectivity index (χ0n) is 13.0. The van der Waals surface area contributed by atoms with Crippen LogP contribution in [0.2, 0.25) is 0 Å². The molecule has 126 valence electrons. The summed E-state index contributed by atoms with van der Waals surface area (Å²) in [7, 11) is 0. The van der Waals surface area contributed by atoms with Gasteiger partial charge in [-0.25, -0.2) is 4.79 Å². The minimum atomic E-state index is -0.751. The maximum Gasteiger partial charge on any atom is 0.364 e. The van der Waals surface area contributed by atoms with Gasteiger partial charge in [-0.15, -0.1) is 0 Å². The number of nitro groups is 1. The van der Waals surface area contributed by atoms with Crippen molar-refractivity contribution in [2.24, 2.45) is 0 Å². The lowest BCUT2D eigenvalue weighted by atomic mass is 10.2. The SMILES string of the molecule is CC(=O)Nc1ccc(OC(=O)c2n[nH]c3ccc([N+](=O)[O-])cc23)cc1. The smallest absolute Gasteiger partial charge is 0.364 e. The van der Waals surface area contributed by atoms with E-state index in [4.69, 9.17) is 4.74 Å². The summed E-state index contributed by atoms with van der Waals surface area (Å²) in [5.41, 5.74) is 0.846. The summed E-state index contributed by atoms with van der Waals surface area (Å²) < 4.78 is 5.22. The number of nitrogens with one attached hydrogen (secondary N) is 2. The molecule has 2 N–H and O–H groups in total. The van der Waals surface area contributed by atoms with E-state index >= 15 is 0 Å². The third kappa shape index (κ3) is 3.44. The molecule has 0 fully saturated rings. The van der Waals surface area contributed by atoms with Gasteiger partial charge >= 0.3 is 5.97 Å². The van der Waals surface area contributed by atoms with Crippen molar-refractivity contribution >= 4 is 34.2 Å². The molecule has 0 radical (unpaired) electrons. The quantitative estimate of drug-likeness (QED) is 0.325. The van der Waals surface area contributed by atoms with Gasteiger partial charge in [-0.1, -0.05) is 0 Å². The zero-order chi connectivity index (χ0) is 18.0. The first kappa shape index (κ1) is 16.1. The Balaban J connectivity index is 1.83. The number of anilines is 1. The van der Waals surface area contributed by atoms with E-state index in [2.05, 4.69) is 15.5 Å². The van der Waals surface area contributed by atoms with Gasteiger partial charge in [0.05, 0.1) is 10.4 Å². The molecule has 2 aromatic carbocycles. The Hall–Kier alpha value is -3.75. The Morgan fingerprint density at radius 1 is 1.20 bits per heavy atom. The van der Waals surface area contributed by atoms with Crippen molar-refractivity contribution in [1.82, 2.24) is 10.2 Å². The molecular weight excluding hydrogens is 328 g/mol. The van der Waals surface area contributed by atoms with Crippen LogP contribution in [0.1, 0.15) is 17.4 Å². The number of rotatable bonds is 4. The van der Waals surface area contributed by atoms with Crippen LogP contribution in [0.5, 0.6) is 5.75 Å². The van der Waals surface area contributed by atoms with E-state index in [1.54, 1.807) is 12.1 Å². The first-order valence-electron chi connectivity index (χ1n) is 7.16. The Bertz CT molecular complexity index is 978. The van der Waals surface area contributed by atoms with Crippen molar-refractivity contribution in [1.29, 1.82) is 0 Å². The molecule has 3 aromatic rings. The van der Waals surface area contributed by atoms with Gasteiger partial charge in [-0.3, -0.25) is 20.0 Å². The summed E-state index contributed by atoms with van der Waals surface area (Å²) in [6, 6.07) is 10.2. The van der Waals surface area contributed by atoms with E-state index in [-0.39, 0.29) is 23.0 Å². The van der Waals surface area contributed by atoms with Crippen molar-refractivity contribution in [2.45, 2.75) is 6.92 Å². The minimum Gasteiger partial charge on any atom is -0.422 e. The Labute approximate surface area is 140 Å². The number of aromatic amines is 1. The maximum absolute atomic E-state index is 12.3. The van der Waals surface area contributed by atoms with Gasteiger partial charge in [-0.05, 0) is 30.3 Å². The summed E-state index contributed by atoms with van der Waals surface area (Å²) in [5.74, 6) is -0.714. The monoisotopic (exact) mass is 340 g/mol. The lowest BCUT2D eigenvalue weighted by Gasteiger charge is -2.05. The largest absolute Gasteiger partial charge is 0.422 e. The standard InChI is InChI=1S/C16H12N4O5/c1-9(21)17-10-2-5-12(6-3-10)25-16(22)15-13-8-11(20(23)24)4-7-14(13)18-19-15/h2-8H,1H3,(H,17,21)(H,18,19). The number of fused-ring (bicyclic) bond motifs is 1. The fourth-order valence-corrected chi connectivity index (χ4v) is 2.24. The second-order valence-electron chi connectivity index (χ2n) is 5.15. The third-order valence-corrected chi connectivity index (χ3v) is 3.34. The maximum atomic E-state index is 12.3. The highest BCUT2D eigenvalue weighted by atomic mass is 16.6. The molecule has 1 amide bonds. The highest BCUT2D eigenvalue weighted by molar-refractivity contribution is 6.03. The van der Waals surface area contributed by atoms with Crippen molar-refractivity contribution in [3.63, 3.8) is 0 Å². The molecule has 0 bridgehead atoms. The van der Waals surface area contributed by atoms with Crippen LogP contribution in [0.15, 0.2) is 42.5 Å². The van der Waals surface area contributed by atoms with Crippen LogP contribution >= 0.6 is 0 Å². The number of benzene rings is 2. The minimum absolute atomic E-state index is 0.0513. The predicted octanol–water partition coefficient (Wildman–Crippen LogP) is 2.65. The average molecular weight is 340 g/mol. The summed E-state index contributed by atoms with van der Waals surface area (Å²) in [5, 5.41) is 20.3. The van der Waals surface area contributed by atoms with Crippen LogP contribution in [-0.4, -0.2) is 27.0 Å². The van der Waals surface area contributed by atoms with Crippen molar-refractivity contribution in [2.75, 3.05) is 5.32 Å². The van der Waals surface area contributed by atoms with Gasteiger partial charge in [-0.2, -0.15) is 5.10 Å². The molecule has 0 unspecified atom stereocenters. The topological polar surface area (TPSA) is 127 Å². The van der Waals surface area contributed by atoms with Crippen molar-refractivity contribution < 1.29 is 19.2 Å². The predicted molar refractivity (Wildman–Crippen MR) is 88.5 cm³/mol. The van der Waals surface area contributed by atoms with Crippen LogP contribution in [0, 0.1) is 10.1 Å². The van der Waals surface area contributed by atoms with E-state index in [1.807, 2.05) is 0 Å². The molecule has 25 heavy (non-hydrogen) atoms. The molecule has 0 atom stereocenters. The summed E-state index contributed by atoms with van der Waals surface area (Å²) in [6.07, 6.45) is 0. The van der Waals surface area contributed by atoms with E-state index < -0.39 is 10.9 Å². The first-order chi connectivity index (χ1) is 11.9. The van der Waals surface area contributed by atoms with Crippen molar-refractivity contribution in [3.8, 4) is 5.75 Å². The second kappa shape index (κ2) is 6.40. The molecule has 3 rings (SSSR count). The van der Waals surface area contributed by atoms with E-state index in [1.165, 1.54) is 37.3 Å². The number of ether oxygens (including phenoxy) is 1. The van der Waals surface area contributed by atoms with Crippen LogP contribution in [-0.2, 0) is 4.79 Å². The molecule has 9 nitrogen and oxygen atoms in total. The van der Waals surface area contributed by atoms with Crippen LogP contribution in [0.3, 0.4) is 0 Å². The highest BCUT2D eigenvalue weighted by Crippen LogP contribution is 2.23. The Kier molecular flexibility index (Phi) is 4.12. The lowest BCUT2D eigenvalue weighted by Crippen LogP contribution is -2.10. The van der Waals surface area contributed by atoms with Gasteiger partial charge < -0.3 is 10.1 Å². The van der Waals surface area contributed by atoms with E-state index in [0.29, 0.717) is 16.6 Å². The fourth-order valence-electron chi connectivity index (χ4n) is 2.24. The molecule has 9 heteroatoms. The number of aromatic nitrogens is 2. The van der Waals surface area contributed by atoms with Gasteiger partial charge in [0.1, 0.15) is 5.75 Å². The molecule has 1 heterocycles. The van der Waals surface area contributed by atoms with Gasteiger partial charge in [0, 0.05) is 30.1 Å².